The summed E-state index contributed by atoms with van der Waals surface area (Å²) in [7, 11) is 2.11. The van der Waals surface area contributed by atoms with Crippen molar-refractivity contribution < 1.29 is 4.79 Å². The summed E-state index contributed by atoms with van der Waals surface area (Å²) in [5.41, 5.74) is 3.37. The molecule has 5 rings (SSSR count). The van der Waals surface area contributed by atoms with Gasteiger partial charge in [-0.3, -0.25) is 10.1 Å². The molecule has 1 aliphatic rings. The third kappa shape index (κ3) is 3.22. The van der Waals surface area contributed by atoms with Crippen molar-refractivity contribution in [2.24, 2.45) is 0 Å². The summed E-state index contributed by atoms with van der Waals surface area (Å²) in [5.74, 6) is -0.143. The third-order valence-electron chi connectivity index (χ3n) is 4.88. The Bertz CT molecular complexity index is 1170. The van der Waals surface area contributed by atoms with Crippen LogP contribution in [0.1, 0.15) is 20.9 Å². The van der Waals surface area contributed by atoms with Gasteiger partial charge in [-0.2, -0.15) is 0 Å². The zero-order valence-corrected chi connectivity index (χ0v) is 16.9. The van der Waals surface area contributed by atoms with Gasteiger partial charge in [0.15, 0.2) is 5.13 Å². The number of nitrogens with zero attached hydrogens (tertiary/aromatic N) is 3. The molecule has 1 aliphatic heterocycles. The Morgan fingerprint density at radius 1 is 1.18 bits per heavy atom. The van der Waals surface area contributed by atoms with Crippen LogP contribution in [0.15, 0.2) is 47.8 Å². The van der Waals surface area contributed by atoms with E-state index in [1.54, 1.807) is 22.7 Å². The lowest BCUT2D eigenvalue weighted by atomic mass is 10.1. The lowest BCUT2D eigenvalue weighted by molar-refractivity contribution is 0.102. The fourth-order valence-corrected chi connectivity index (χ4v) is 5.22. The van der Waals surface area contributed by atoms with Crippen LogP contribution in [0.5, 0.6) is 0 Å². The van der Waals surface area contributed by atoms with Crippen LogP contribution in [0.3, 0.4) is 0 Å². The first-order valence-electron chi connectivity index (χ1n) is 9.09. The smallest absolute Gasteiger partial charge is 0.258 e. The van der Waals surface area contributed by atoms with Gasteiger partial charge >= 0.3 is 0 Å². The van der Waals surface area contributed by atoms with E-state index in [4.69, 9.17) is 4.98 Å². The Labute approximate surface area is 170 Å². The van der Waals surface area contributed by atoms with Gasteiger partial charge < -0.3 is 4.90 Å². The number of likely N-dealkylation sites (N-methyl/N-ethyl adjacent to an activating group) is 1. The first-order valence-corrected chi connectivity index (χ1v) is 10.8. The van der Waals surface area contributed by atoms with Crippen LogP contribution >= 0.6 is 22.7 Å². The molecule has 0 saturated carbocycles. The summed E-state index contributed by atoms with van der Waals surface area (Å²) in [6, 6.07) is 13.7. The molecule has 3 aromatic heterocycles. The number of amides is 1. The second kappa shape index (κ2) is 7.09. The molecule has 1 aromatic carbocycles. The van der Waals surface area contributed by atoms with Crippen molar-refractivity contribution in [1.29, 1.82) is 0 Å². The van der Waals surface area contributed by atoms with Crippen molar-refractivity contribution in [1.82, 2.24) is 14.9 Å². The number of thiophene rings is 1. The standard InChI is InChI=1S/C21H18N4OS2/c1-25-9-8-16-19(12-25)28-21(23-16)24-20(26)14-11-17(18-7-4-10-27-18)22-15-6-3-2-5-13(14)15/h2-7,10-11H,8-9,12H2,1H3,(H,23,24,26). The van der Waals surface area contributed by atoms with Gasteiger partial charge in [0, 0.05) is 29.8 Å². The number of aromatic nitrogens is 2. The topological polar surface area (TPSA) is 58.1 Å². The monoisotopic (exact) mass is 406 g/mol. The van der Waals surface area contributed by atoms with E-state index >= 15 is 0 Å². The lowest BCUT2D eigenvalue weighted by Crippen LogP contribution is -2.25. The summed E-state index contributed by atoms with van der Waals surface area (Å²) in [6.45, 7) is 1.90. The van der Waals surface area contributed by atoms with Gasteiger partial charge in [0.05, 0.1) is 27.3 Å². The molecule has 7 heteroatoms. The van der Waals surface area contributed by atoms with Gasteiger partial charge in [-0.25, -0.2) is 9.97 Å². The number of pyridine rings is 1. The second-order valence-electron chi connectivity index (χ2n) is 6.88. The van der Waals surface area contributed by atoms with Crippen LogP contribution in [0.4, 0.5) is 5.13 Å². The first-order chi connectivity index (χ1) is 13.7. The highest BCUT2D eigenvalue weighted by molar-refractivity contribution is 7.16. The second-order valence-corrected chi connectivity index (χ2v) is 8.91. The Morgan fingerprint density at radius 2 is 2.07 bits per heavy atom. The summed E-state index contributed by atoms with van der Waals surface area (Å²) in [4.78, 5) is 27.1. The van der Waals surface area contributed by atoms with Crippen LogP contribution < -0.4 is 5.32 Å². The van der Waals surface area contributed by atoms with E-state index in [-0.39, 0.29) is 5.91 Å². The number of rotatable bonds is 3. The Morgan fingerprint density at radius 3 is 2.93 bits per heavy atom. The summed E-state index contributed by atoms with van der Waals surface area (Å²) >= 11 is 3.19. The van der Waals surface area contributed by atoms with E-state index in [0.717, 1.165) is 46.7 Å². The van der Waals surface area contributed by atoms with Crippen LogP contribution in [0, 0.1) is 0 Å². The molecule has 28 heavy (non-hydrogen) atoms. The molecule has 0 fully saturated rings. The number of carbonyl (C=O) groups excluding carboxylic acids is 1. The number of nitrogens with one attached hydrogen (secondary N) is 1. The minimum absolute atomic E-state index is 0.143. The minimum atomic E-state index is -0.143. The first kappa shape index (κ1) is 17.5. The van der Waals surface area contributed by atoms with Gasteiger partial charge in [0.1, 0.15) is 0 Å². The van der Waals surface area contributed by atoms with Crippen LogP contribution in [-0.2, 0) is 13.0 Å². The van der Waals surface area contributed by atoms with Gasteiger partial charge in [-0.05, 0) is 30.6 Å². The predicted molar refractivity (Wildman–Crippen MR) is 115 cm³/mol. The van der Waals surface area contributed by atoms with E-state index in [2.05, 4.69) is 22.2 Å². The fourth-order valence-electron chi connectivity index (χ4n) is 3.45. The molecule has 0 saturated heterocycles. The Balaban J connectivity index is 1.52. The number of thiazole rings is 1. The lowest BCUT2D eigenvalue weighted by Gasteiger charge is -2.20. The van der Waals surface area contributed by atoms with Crippen molar-refractivity contribution in [3.05, 3.63) is 64.0 Å². The van der Waals surface area contributed by atoms with Gasteiger partial charge in [0.25, 0.3) is 5.91 Å². The average molecular weight is 407 g/mol. The van der Waals surface area contributed by atoms with Crippen molar-refractivity contribution in [2.75, 3.05) is 18.9 Å². The predicted octanol–water partition coefficient (Wildman–Crippen LogP) is 4.66. The highest BCUT2D eigenvalue weighted by atomic mass is 32.1. The molecule has 1 N–H and O–H groups in total. The molecule has 0 unspecified atom stereocenters. The SMILES string of the molecule is CN1CCc2nc(NC(=O)c3cc(-c4cccs4)nc4ccccc34)sc2C1. The zero-order chi connectivity index (χ0) is 19.1. The number of hydrogen-bond acceptors (Lipinski definition) is 6. The van der Waals surface area contributed by atoms with Crippen molar-refractivity contribution in [3.63, 3.8) is 0 Å². The highest BCUT2D eigenvalue weighted by Gasteiger charge is 2.20. The van der Waals surface area contributed by atoms with E-state index in [1.165, 1.54) is 4.88 Å². The number of para-hydroxylation sites is 1. The fraction of sp³-hybridized carbons (Fsp3) is 0.190. The van der Waals surface area contributed by atoms with Crippen LogP contribution in [0.2, 0.25) is 0 Å². The molecular formula is C21H18N4OS2. The maximum atomic E-state index is 13.1. The molecule has 5 nitrogen and oxygen atoms in total. The number of anilines is 1. The van der Waals surface area contributed by atoms with Crippen molar-refractivity contribution >= 4 is 44.6 Å². The normalized spacial score (nSPS) is 14.2. The molecule has 0 bridgehead atoms. The molecule has 0 aliphatic carbocycles. The van der Waals surface area contributed by atoms with Crippen LogP contribution in [-0.4, -0.2) is 34.4 Å². The summed E-state index contributed by atoms with van der Waals surface area (Å²) in [6.07, 6.45) is 0.929. The van der Waals surface area contributed by atoms with Gasteiger partial charge in [-0.1, -0.05) is 24.3 Å². The molecule has 4 heterocycles. The molecule has 0 radical (unpaired) electrons. The van der Waals surface area contributed by atoms with Crippen LogP contribution in [0.25, 0.3) is 21.5 Å². The number of fused-ring (bicyclic) bond motifs is 2. The van der Waals surface area contributed by atoms with Crippen molar-refractivity contribution in [3.8, 4) is 10.6 Å². The number of hydrogen-bond donors (Lipinski definition) is 1. The van der Waals surface area contributed by atoms with E-state index in [9.17, 15) is 4.79 Å². The molecule has 4 aromatic rings. The maximum absolute atomic E-state index is 13.1. The average Bonchev–Trinajstić information content (AvgIpc) is 3.36. The third-order valence-corrected chi connectivity index (χ3v) is 6.77. The quantitative estimate of drug-likeness (QED) is 0.538. The Kier molecular flexibility index (Phi) is 4.43. The number of carbonyl (C=O) groups is 1. The maximum Gasteiger partial charge on any atom is 0.258 e. The van der Waals surface area contributed by atoms with E-state index in [0.29, 0.717) is 10.7 Å². The summed E-state index contributed by atoms with van der Waals surface area (Å²) in [5, 5.41) is 6.56. The molecule has 0 atom stereocenters. The largest absolute Gasteiger partial charge is 0.301 e. The number of benzene rings is 1. The van der Waals surface area contributed by atoms with E-state index < -0.39 is 0 Å². The van der Waals surface area contributed by atoms with Crippen molar-refractivity contribution in [2.45, 2.75) is 13.0 Å². The highest BCUT2D eigenvalue weighted by Crippen LogP contribution is 2.30. The molecule has 140 valence electrons. The molecule has 1 amide bonds. The summed E-state index contributed by atoms with van der Waals surface area (Å²) < 4.78 is 0. The Hall–Kier alpha value is -2.61. The minimum Gasteiger partial charge on any atom is -0.301 e. The van der Waals surface area contributed by atoms with Gasteiger partial charge in [0.2, 0.25) is 0 Å². The van der Waals surface area contributed by atoms with E-state index in [1.807, 2.05) is 47.8 Å². The zero-order valence-electron chi connectivity index (χ0n) is 15.3. The molecule has 0 spiro atoms. The van der Waals surface area contributed by atoms with Gasteiger partial charge in [-0.15, -0.1) is 22.7 Å². The molecular weight excluding hydrogens is 388 g/mol.